The molecule has 1 rings (SSSR count). The molecule has 50 valence electrons. The molecule has 0 bridgehead atoms. The van der Waals surface area contributed by atoms with Crippen molar-refractivity contribution in [2.45, 2.75) is 0 Å². The van der Waals surface area contributed by atoms with Gasteiger partial charge in [0.15, 0.2) is 5.82 Å². The van der Waals surface area contributed by atoms with Crippen LogP contribution in [0.5, 0.6) is 0 Å². The molecule has 0 radical (unpaired) electrons. The number of aromatic nitrogens is 1. The second-order valence-corrected chi connectivity index (χ2v) is 1.97. The van der Waals surface area contributed by atoms with Crippen molar-refractivity contribution in [3.05, 3.63) is 28.8 Å². The summed E-state index contributed by atoms with van der Waals surface area (Å²) in [6.07, 6.45) is 2.18. The molecule has 0 N–H and O–H groups in total. The molecule has 0 atom stereocenters. The van der Waals surface area contributed by atoms with E-state index in [9.17, 15) is 4.39 Å². The van der Waals surface area contributed by atoms with Gasteiger partial charge in [0.2, 0.25) is 0 Å². The molecule has 0 fully saturated rings. The molecule has 0 aliphatic carbocycles. The third kappa shape index (κ3) is 1.07. The van der Waals surface area contributed by atoms with Crippen LogP contribution in [0.2, 0.25) is 5.02 Å². The van der Waals surface area contributed by atoms with E-state index >= 15 is 0 Å². The Hall–Kier alpha value is -1.14. The monoisotopic (exact) mass is 156 g/mol. The molecule has 0 aromatic carbocycles. The largest absolute Gasteiger partial charge is 0.260 e. The van der Waals surface area contributed by atoms with Crippen LogP contribution < -0.4 is 0 Å². The zero-order valence-corrected chi connectivity index (χ0v) is 5.56. The van der Waals surface area contributed by atoms with Gasteiger partial charge in [-0.1, -0.05) is 11.6 Å². The highest BCUT2D eigenvalue weighted by Gasteiger charge is 2.03. The standard InChI is InChI=1S/C6H2ClFN2/c7-6-4(1-9)2-10-3-5(6)8/h2-3H. The Morgan fingerprint density at radius 1 is 1.60 bits per heavy atom. The third-order valence-electron chi connectivity index (χ3n) is 0.958. The molecule has 1 aromatic rings. The number of hydrogen-bond acceptors (Lipinski definition) is 2. The normalized spacial score (nSPS) is 8.90. The van der Waals surface area contributed by atoms with Crippen LogP contribution in [0.25, 0.3) is 0 Å². The first-order valence-electron chi connectivity index (χ1n) is 2.45. The smallest absolute Gasteiger partial charge is 0.161 e. The summed E-state index contributed by atoms with van der Waals surface area (Å²) in [4.78, 5) is 3.43. The van der Waals surface area contributed by atoms with E-state index in [1.54, 1.807) is 6.07 Å². The van der Waals surface area contributed by atoms with E-state index in [1.807, 2.05) is 0 Å². The van der Waals surface area contributed by atoms with E-state index in [-0.39, 0.29) is 10.6 Å². The second-order valence-electron chi connectivity index (χ2n) is 1.59. The fourth-order valence-corrected chi connectivity index (χ4v) is 0.637. The minimum atomic E-state index is -0.666. The highest BCUT2D eigenvalue weighted by atomic mass is 35.5. The minimum Gasteiger partial charge on any atom is -0.260 e. The number of pyridine rings is 1. The molecule has 0 amide bonds. The fraction of sp³-hybridized carbons (Fsp3) is 0. The van der Waals surface area contributed by atoms with Gasteiger partial charge < -0.3 is 0 Å². The average Bonchev–Trinajstić information content (AvgIpc) is 1.95. The van der Waals surface area contributed by atoms with Crippen molar-refractivity contribution in [2.75, 3.05) is 0 Å². The Bertz CT molecular complexity index is 292. The van der Waals surface area contributed by atoms with Crippen molar-refractivity contribution in [1.82, 2.24) is 4.98 Å². The fourth-order valence-electron chi connectivity index (χ4n) is 0.497. The van der Waals surface area contributed by atoms with E-state index in [2.05, 4.69) is 4.98 Å². The predicted octanol–water partition coefficient (Wildman–Crippen LogP) is 1.75. The molecule has 0 unspecified atom stereocenters. The van der Waals surface area contributed by atoms with Crippen molar-refractivity contribution in [3.8, 4) is 6.07 Å². The van der Waals surface area contributed by atoms with Crippen LogP contribution in [0.3, 0.4) is 0 Å². The first kappa shape index (κ1) is 6.97. The van der Waals surface area contributed by atoms with Crippen LogP contribution in [0.1, 0.15) is 5.56 Å². The van der Waals surface area contributed by atoms with Crippen LogP contribution in [-0.4, -0.2) is 4.98 Å². The van der Waals surface area contributed by atoms with E-state index < -0.39 is 5.82 Å². The van der Waals surface area contributed by atoms with Gasteiger partial charge in [0.1, 0.15) is 6.07 Å². The summed E-state index contributed by atoms with van der Waals surface area (Å²) in [7, 11) is 0. The summed E-state index contributed by atoms with van der Waals surface area (Å²) in [6, 6.07) is 1.70. The maximum atomic E-state index is 12.4. The molecule has 4 heteroatoms. The Balaban J connectivity index is 3.31. The number of rotatable bonds is 0. The number of hydrogen-bond donors (Lipinski definition) is 0. The molecule has 1 heterocycles. The molecule has 10 heavy (non-hydrogen) atoms. The van der Waals surface area contributed by atoms with Gasteiger partial charge in [-0.05, 0) is 0 Å². The van der Waals surface area contributed by atoms with Gasteiger partial charge in [-0.3, -0.25) is 4.98 Å². The Kier molecular flexibility index (Phi) is 1.83. The highest BCUT2D eigenvalue weighted by Crippen LogP contribution is 2.16. The average molecular weight is 157 g/mol. The van der Waals surface area contributed by atoms with Gasteiger partial charge >= 0.3 is 0 Å². The quantitative estimate of drug-likeness (QED) is 0.574. The maximum absolute atomic E-state index is 12.4. The number of nitrogens with zero attached hydrogens (tertiary/aromatic N) is 2. The molecule has 2 nitrogen and oxygen atoms in total. The summed E-state index contributed by atoms with van der Waals surface area (Å²) < 4.78 is 12.4. The minimum absolute atomic E-state index is 0.0571. The Labute approximate surface area is 61.9 Å². The molecule has 0 aliphatic rings. The van der Waals surface area contributed by atoms with E-state index in [0.717, 1.165) is 6.20 Å². The van der Waals surface area contributed by atoms with Crippen molar-refractivity contribution in [2.24, 2.45) is 0 Å². The highest BCUT2D eigenvalue weighted by molar-refractivity contribution is 6.31. The van der Waals surface area contributed by atoms with Gasteiger partial charge in [0.05, 0.1) is 16.8 Å². The molecule has 1 aromatic heterocycles. The first-order valence-corrected chi connectivity index (χ1v) is 2.82. The zero-order chi connectivity index (χ0) is 7.56. The predicted molar refractivity (Wildman–Crippen MR) is 33.9 cm³/mol. The zero-order valence-electron chi connectivity index (χ0n) is 4.81. The van der Waals surface area contributed by atoms with Gasteiger partial charge in [-0.25, -0.2) is 4.39 Å². The van der Waals surface area contributed by atoms with Gasteiger partial charge in [-0.2, -0.15) is 5.26 Å². The van der Waals surface area contributed by atoms with Crippen LogP contribution in [0.4, 0.5) is 4.39 Å². The second kappa shape index (κ2) is 2.63. The van der Waals surface area contributed by atoms with E-state index in [0.29, 0.717) is 0 Å². The van der Waals surface area contributed by atoms with E-state index in [1.165, 1.54) is 6.20 Å². The summed E-state index contributed by atoms with van der Waals surface area (Å²) in [5, 5.41) is 8.13. The van der Waals surface area contributed by atoms with Crippen molar-refractivity contribution < 1.29 is 4.39 Å². The third-order valence-corrected chi connectivity index (χ3v) is 1.34. The van der Waals surface area contributed by atoms with Gasteiger partial charge in [0.25, 0.3) is 0 Å². The lowest BCUT2D eigenvalue weighted by Gasteiger charge is -1.92. The SMILES string of the molecule is N#Cc1cncc(F)c1Cl. The molecular weight excluding hydrogens is 155 g/mol. The molecular formula is C6H2ClFN2. The lowest BCUT2D eigenvalue weighted by Crippen LogP contribution is -1.84. The Morgan fingerprint density at radius 2 is 2.30 bits per heavy atom. The van der Waals surface area contributed by atoms with E-state index in [4.69, 9.17) is 16.9 Å². The summed E-state index contributed by atoms with van der Waals surface area (Å²) >= 11 is 5.36. The lowest BCUT2D eigenvalue weighted by atomic mass is 10.3. The maximum Gasteiger partial charge on any atom is 0.161 e. The molecule has 0 saturated carbocycles. The molecule has 0 aliphatic heterocycles. The topological polar surface area (TPSA) is 36.7 Å². The van der Waals surface area contributed by atoms with Crippen molar-refractivity contribution >= 4 is 11.6 Å². The lowest BCUT2D eigenvalue weighted by molar-refractivity contribution is 0.621. The summed E-state index contributed by atoms with van der Waals surface area (Å²) in [6.45, 7) is 0. The van der Waals surface area contributed by atoms with Crippen molar-refractivity contribution in [1.29, 1.82) is 5.26 Å². The van der Waals surface area contributed by atoms with Crippen molar-refractivity contribution in [3.63, 3.8) is 0 Å². The molecule has 0 saturated heterocycles. The molecule has 0 spiro atoms. The number of halogens is 2. The van der Waals surface area contributed by atoms with Crippen LogP contribution in [0.15, 0.2) is 12.4 Å². The van der Waals surface area contributed by atoms with Crippen LogP contribution in [0, 0.1) is 17.1 Å². The van der Waals surface area contributed by atoms with Gasteiger partial charge in [0, 0.05) is 6.20 Å². The first-order chi connectivity index (χ1) is 4.75. The Morgan fingerprint density at radius 3 is 2.80 bits per heavy atom. The number of nitriles is 1. The summed E-state index contributed by atoms with van der Waals surface area (Å²) in [5.41, 5.74) is 0.0571. The van der Waals surface area contributed by atoms with Crippen LogP contribution in [-0.2, 0) is 0 Å². The van der Waals surface area contributed by atoms with Crippen LogP contribution >= 0.6 is 11.6 Å². The summed E-state index contributed by atoms with van der Waals surface area (Å²) in [5.74, 6) is -0.666. The van der Waals surface area contributed by atoms with Gasteiger partial charge in [-0.15, -0.1) is 0 Å².